The molecule has 0 bridgehead atoms. The lowest BCUT2D eigenvalue weighted by atomic mass is 10.4. The van der Waals surface area contributed by atoms with Crippen molar-refractivity contribution in [3.8, 4) is 0 Å². The van der Waals surface area contributed by atoms with E-state index >= 15 is 0 Å². The zero-order valence-electron chi connectivity index (χ0n) is 9.42. The number of aryl methyl sites for hydroxylation is 1. The third kappa shape index (κ3) is 4.65. The van der Waals surface area contributed by atoms with E-state index in [0.29, 0.717) is 5.69 Å². The van der Waals surface area contributed by atoms with E-state index in [2.05, 4.69) is 31.1 Å². The van der Waals surface area contributed by atoms with Crippen molar-refractivity contribution < 1.29 is 17.9 Å². The summed E-state index contributed by atoms with van der Waals surface area (Å²) in [6.45, 7) is -1.27. The van der Waals surface area contributed by atoms with E-state index < -0.39 is 12.8 Å². The summed E-state index contributed by atoms with van der Waals surface area (Å²) in [4.78, 5) is 11.4. The average molecular weight is 330 g/mol. The Morgan fingerprint density at radius 2 is 2.22 bits per heavy atom. The molecule has 1 aromatic heterocycles. The molecule has 0 unspecified atom stereocenters. The summed E-state index contributed by atoms with van der Waals surface area (Å²) in [6.07, 6.45) is -2.93. The fourth-order valence-corrected chi connectivity index (χ4v) is 1.58. The van der Waals surface area contributed by atoms with E-state index in [4.69, 9.17) is 0 Å². The van der Waals surface area contributed by atoms with Crippen molar-refractivity contribution in [2.45, 2.75) is 6.18 Å². The molecule has 1 aromatic rings. The normalized spacial score (nSPS) is 11.6. The van der Waals surface area contributed by atoms with Gasteiger partial charge in [-0.05, 0) is 15.9 Å². The predicted octanol–water partition coefficient (Wildman–Crippen LogP) is 1.53. The summed E-state index contributed by atoms with van der Waals surface area (Å²) in [5, 5.41) is 6.52. The number of rotatable bonds is 5. The van der Waals surface area contributed by atoms with Crippen LogP contribution in [0.3, 0.4) is 0 Å². The van der Waals surface area contributed by atoms with Crippen LogP contribution in [0.15, 0.2) is 15.5 Å². The van der Waals surface area contributed by atoms with Gasteiger partial charge >= 0.3 is 6.18 Å². The van der Waals surface area contributed by atoms with Gasteiger partial charge in [0, 0.05) is 13.6 Å². The van der Waals surface area contributed by atoms with Gasteiger partial charge in [0.2, 0.25) is 0 Å². The topological polar surface area (TPSA) is 56.1 Å². The van der Waals surface area contributed by atoms with Crippen molar-refractivity contribution in [1.82, 2.24) is 9.78 Å². The fourth-order valence-electron chi connectivity index (χ4n) is 1.08. The van der Waals surface area contributed by atoms with Crippen molar-refractivity contribution in [1.29, 1.82) is 0 Å². The third-order valence-electron chi connectivity index (χ3n) is 1.91. The lowest BCUT2D eigenvalue weighted by Crippen LogP contribution is -2.23. The molecule has 0 fully saturated rings. The quantitative estimate of drug-likeness (QED) is 0.832. The van der Waals surface area contributed by atoms with Crippen LogP contribution in [0.1, 0.15) is 0 Å². The molecule has 0 saturated heterocycles. The van der Waals surface area contributed by atoms with Crippen LogP contribution in [0, 0.1) is 0 Å². The van der Waals surface area contributed by atoms with Crippen molar-refractivity contribution in [2.24, 2.45) is 7.05 Å². The van der Waals surface area contributed by atoms with Gasteiger partial charge in [-0.1, -0.05) is 0 Å². The Bertz CT molecular complexity index is 461. The summed E-state index contributed by atoms with van der Waals surface area (Å²) >= 11 is 3.08. The lowest BCUT2D eigenvalue weighted by Gasteiger charge is -2.10. The van der Waals surface area contributed by atoms with Crippen LogP contribution in [0.2, 0.25) is 0 Å². The zero-order chi connectivity index (χ0) is 13.8. The maximum Gasteiger partial charge on any atom is 0.411 e. The van der Waals surface area contributed by atoms with Crippen LogP contribution in [-0.4, -0.2) is 35.7 Å². The van der Waals surface area contributed by atoms with E-state index in [0.717, 1.165) is 4.68 Å². The summed E-state index contributed by atoms with van der Waals surface area (Å²) in [5.74, 6) is 0. The fraction of sp³-hybridized carbons (Fsp3) is 0.556. The molecule has 0 aromatic carbocycles. The van der Waals surface area contributed by atoms with E-state index in [1.165, 1.54) is 13.2 Å². The zero-order valence-corrected chi connectivity index (χ0v) is 11.0. The Morgan fingerprint density at radius 3 is 2.83 bits per heavy atom. The van der Waals surface area contributed by atoms with Crippen LogP contribution in [0.5, 0.6) is 0 Å². The number of ether oxygens (including phenoxy) is 1. The van der Waals surface area contributed by atoms with Gasteiger partial charge in [0.15, 0.2) is 0 Å². The number of aromatic nitrogens is 2. The highest BCUT2D eigenvalue weighted by atomic mass is 79.9. The number of hydrogen-bond donors (Lipinski definition) is 1. The number of hydrogen-bond acceptors (Lipinski definition) is 4. The molecular weight excluding hydrogens is 319 g/mol. The summed E-state index contributed by atoms with van der Waals surface area (Å²) in [6, 6.07) is 0. The van der Waals surface area contributed by atoms with Crippen molar-refractivity contribution >= 4 is 21.6 Å². The molecule has 9 heteroatoms. The molecule has 0 atom stereocenters. The monoisotopic (exact) mass is 329 g/mol. The molecule has 1 rings (SSSR count). The molecule has 18 heavy (non-hydrogen) atoms. The van der Waals surface area contributed by atoms with Gasteiger partial charge in [-0.15, -0.1) is 0 Å². The third-order valence-corrected chi connectivity index (χ3v) is 2.67. The predicted molar refractivity (Wildman–Crippen MR) is 62.5 cm³/mol. The Labute approximate surface area is 109 Å². The van der Waals surface area contributed by atoms with Gasteiger partial charge in [-0.3, -0.25) is 4.79 Å². The summed E-state index contributed by atoms with van der Waals surface area (Å²) in [7, 11) is 1.49. The second-order valence-corrected chi connectivity index (χ2v) is 4.19. The van der Waals surface area contributed by atoms with Gasteiger partial charge in [-0.2, -0.15) is 18.3 Å². The van der Waals surface area contributed by atoms with E-state index in [1.807, 2.05) is 0 Å². The van der Waals surface area contributed by atoms with Crippen molar-refractivity contribution in [2.75, 3.05) is 25.1 Å². The SMILES string of the molecule is Cn1ncc(NCCOCC(F)(F)F)c(Br)c1=O. The molecule has 102 valence electrons. The van der Waals surface area contributed by atoms with Crippen LogP contribution in [-0.2, 0) is 11.8 Å². The first kappa shape index (κ1) is 15.0. The highest BCUT2D eigenvalue weighted by Gasteiger charge is 2.27. The van der Waals surface area contributed by atoms with Gasteiger partial charge < -0.3 is 10.1 Å². The Balaban J connectivity index is 2.41. The Hall–Kier alpha value is -1.09. The maximum atomic E-state index is 11.8. The summed E-state index contributed by atoms with van der Waals surface area (Å²) < 4.78 is 41.1. The number of nitrogens with one attached hydrogen (secondary N) is 1. The number of alkyl halides is 3. The molecule has 0 aliphatic heterocycles. The van der Waals surface area contributed by atoms with Crippen molar-refractivity contribution in [3.05, 3.63) is 21.0 Å². The largest absolute Gasteiger partial charge is 0.411 e. The van der Waals surface area contributed by atoms with Crippen molar-refractivity contribution in [3.63, 3.8) is 0 Å². The molecule has 5 nitrogen and oxygen atoms in total. The van der Waals surface area contributed by atoms with Gasteiger partial charge in [0.1, 0.15) is 11.1 Å². The number of halogens is 4. The van der Waals surface area contributed by atoms with Crippen LogP contribution >= 0.6 is 15.9 Å². The van der Waals surface area contributed by atoms with E-state index in [9.17, 15) is 18.0 Å². The molecular formula is C9H11BrF3N3O2. The minimum absolute atomic E-state index is 0.124. The highest BCUT2D eigenvalue weighted by Crippen LogP contribution is 2.16. The van der Waals surface area contributed by atoms with Crippen LogP contribution < -0.4 is 10.9 Å². The minimum atomic E-state index is -4.33. The molecule has 0 aliphatic carbocycles. The van der Waals surface area contributed by atoms with E-state index in [-0.39, 0.29) is 23.2 Å². The molecule has 0 amide bonds. The Morgan fingerprint density at radius 1 is 1.56 bits per heavy atom. The van der Waals surface area contributed by atoms with E-state index in [1.54, 1.807) is 0 Å². The number of nitrogens with zero attached hydrogens (tertiary/aromatic N) is 2. The van der Waals surface area contributed by atoms with Crippen LogP contribution in [0.25, 0.3) is 0 Å². The molecule has 0 spiro atoms. The van der Waals surface area contributed by atoms with Crippen LogP contribution in [0.4, 0.5) is 18.9 Å². The first-order valence-corrected chi connectivity index (χ1v) is 5.71. The molecule has 0 radical (unpaired) electrons. The lowest BCUT2D eigenvalue weighted by molar-refractivity contribution is -0.172. The highest BCUT2D eigenvalue weighted by molar-refractivity contribution is 9.10. The van der Waals surface area contributed by atoms with Gasteiger partial charge in [0.25, 0.3) is 5.56 Å². The molecule has 1 N–H and O–H groups in total. The summed E-state index contributed by atoms with van der Waals surface area (Å²) in [5.41, 5.74) is 0.0740. The number of anilines is 1. The minimum Gasteiger partial charge on any atom is -0.380 e. The average Bonchev–Trinajstić information content (AvgIpc) is 2.27. The Kier molecular flexibility index (Phi) is 5.15. The first-order valence-electron chi connectivity index (χ1n) is 4.91. The maximum absolute atomic E-state index is 11.8. The molecule has 0 saturated carbocycles. The standard InChI is InChI=1S/C9H11BrF3N3O2/c1-16-8(17)7(10)6(4-15-16)14-2-3-18-5-9(11,12)13/h4,14H,2-3,5H2,1H3. The molecule has 1 heterocycles. The second kappa shape index (κ2) is 6.19. The first-order chi connectivity index (χ1) is 8.31. The second-order valence-electron chi connectivity index (χ2n) is 3.40. The van der Waals surface area contributed by atoms with Gasteiger partial charge in [0.05, 0.1) is 18.5 Å². The smallest absolute Gasteiger partial charge is 0.380 e. The van der Waals surface area contributed by atoms with Gasteiger partial charge in [-0.25, -0.2) is 4.68 Å². The molecule has 0 aliphatic rings.